The molecule has 0 bridgehead atoms. The Kier molecular flexibility index (Phi) is 4.43. The van der Waals surface area contributed by atoms with Gasteiger partial charge in [0.15, 0.2) is 10.9 Å². The normalized spacial score (nSPS) is 10.5. The van der Waals surface area contributed by atoms with Crippen LogP contribution < -0.4 is 10.6 Å². The van der Waals surface area contributed by atoms with Crippen molar-refractivity contribution in [3.8, 4) is 11.5 Å². The predicted molar refractivity (Wildman–Crippen MR) is 91.8 cm³/mol. The van der Waals surface area contributed by atoms with Crippen LogP contribution in [-0.4, -0.2) is 10.9 Å². The van der Waals surface area contributed by atoms with Crippen LogP contribution >= 0.6 is 11.3 Å². The first-order chi connectivity index (χ1) is 11.1. The smallest absolute Gasteiger partial charge is 0.217 e. The average molecular weight is 327 g/mol. The number of nitrogens with one attached hydrogen (secondary N) is 2. The third-order valence-electron chi connectivity index (χ3n) is 3.23. The molecule has 2 heterocycles. The van der Waals surface area contributed by atoms with Gasteiger partial charge in [-0.2, -0.15) is 0 Å². The third-order valence-corrected chi connectivity index (χ3v) is 3.99. The number of aryl methyl sites for hydroxylation is 1. The van der Waals surface area contributed by atoms with Crippen molar-refractivity contribution in [2.75, 3.05) is 5.32 Å². The van der Waals surface area contributed by atoms with Crippen molar-refractivity contribution in [3.63, 3.8) is 0 Å². The van der Waals surface area contributed by atoms with Crippen LogP contribution in [0.15, 0.2) is 46.2 Å². The summed E-state index contributed by atoms with van der Waals surface area (Å²) in [6, 6.07) is 11.9. The van der Waals surface area contributed by atoms with E-state index in [1.165, 1.54) is 23.8 Å². The van der Waals surface area contributed by atoms with Crippen LogP contribution in [0.3, 0.4) is 0 Å². The first-order valence-electron chi connectivity index (χ1n) is 7.23. The van der Waals surface area contributed by atoms with Crippen LogP contribution in [0.1, 0.15) is 18.2 Å². The number of thiazole rings is 1. The Morgan fingerprint density at radius 3 is 2.74 bits per heavy atom. The molecule has 1 amide bonds. The van der Waals surface area contributed by atoms with Crippen molar-refractivity contribution in [3.05, 3.63) is 53.1 Å². The first kappa shape index (κ1) is 15.3. The zero-order chi connectivity index (χ0) is 16.2. The topological polar surface area (TPSA) is 67.2 Å². The third kappa shape index (κ3) is 3.98. The van der Waals surface area contributed by atoms with Gasteiger partial charge in [0.2, 0.25) is 5.91 Å². The summed E-state index contributed by atoms with van der Waals surface area (Å²) in [5, 5.41) is 8.73. The fourth-order valence-corrected chi connectivity index (χ4v) is 2.75. The lowest BCUT2D eigenvalue weighted by Crippen LogP contribution is -2.18. The summed E-state index contributed by atoms with van der Waals surface area (Å²) in [7, 11) is 0. The van der Waals surface area contributed by atoms with E-state index in [1.54, 1.807) is 0 Å². The second kappa shape index (κ2) is 6.66. The van der Waals surface area contributed by atoms with Crippen molar-refractivity contribution in [2.24, 2.45) is 0 Å². The fraction of sp³-hybridized carbons (Fsp3) is 0.176. The maximum absolute atomic E-state index is 10.9. The summed E-state index contributed by atoms with van der Waals surface area (Å²) >= 11 is 1.52. The number of benzene rings is 1. The molecular formula is C17H17N3O2S. The number of aromatic nitrogens is 1. The summed E-state index contributed by atoms with van der Waals surface area (Å²) in [5.41, 5.74) is 3.00. The quantitative estimate of drug-likeness (QED) is 0.740. The van der Waals surface area contributed by atoms with Crippen LogP contribution in [0, 0.1) is 6.92 Å². The number of carbonyl (C=O) groups is 1. The van der Waals surface area contributed by atoms with Crippen LogP contribution in [-0.2, 0) is 11.3 Å². The molecule has 0 saturated carbocycles. The van der Waals surface area contributed by atoms with E-state index < -0.39 is 0 Å². The summed E-state index contributed by atoms with van der Waals surface area (Å²) in [6.07, 6.45) is 0. The second-order valence-electron chi connectivity index (χ2n) is 5.20. The molecule has 0 aliphatic heterocycles. The van der Waals surface area contributed by atoms with E-state index in [4.69, 9.17) is 4.42 Å². The summed E-state index contributed by atoms with van der Waals surface area (Å²) < 4.78 is 5.70. The SMILES string of the molecule is CC(=O)NCc1ccc(-c2csc(Nc3ccc(C)cc3)n2)o1. The molecule has 2 aromatic heterocycles. The Bertz CT molecular complexity index is 805. The van der Waals surface area contributed by atoms with E-state index in [1.807, 2.05) is 29.6 Å². The molecular weight excluding hydrogens is 310 g/mol. The van der Waals surface area contributed by atoms with Gasteiger partial charge in [-0.15, -0.1) is 11.3 Å². The molecule has 23 heavy (non-hydrogen) atoms. The number of amides is 1. The van der Waals surface area contributed by atoms with Crippen molar-refractivity contribution in [1.82, 2.24) is 10.3 Å². The zero-order valence-electron chi connectivity index (χ0n) is 12.9. The van der Waals surface area contributed by atoms with Crippen LogP contribution in [0.2, 0.25) is 0 Å². The molecule has 0 unspecified atom stereocenters. The molecule has 0 aliphatic carbocycles. The molecule has 118 valence electrons. The lowest BCUT2D eigenvalue weighted by molar-refractivity contribution is -0.119. The first-order valence-corrected chi connectivity index (χ1v) is 8.11. The van der Waals surface area contributed by atoms with Gasteiger partial charge in [-0.05, 0) is 31.2 Å². The second-order valence-corrected chi connectivity index (χ2v) is 6.06. The molecule has 3 aromatic rings. The van der Waals surface area contributed by atoms with Crippen molar-refractivity contribution in [1.29, 1.82) is 0 Å². The fourth-order valence-electron chi connectivity index (χ4n) is 2.03. The van der Waals surface area contributed by atoms with E-state index in [0.29, 0.717) is 18.1 Å². The molecule has 0 spiro atoms. The molecule has 5 nitrogen and oxygen atoms in total. The Morgan fingerprint density at radius 1 is 1.22 bits per heavy atom. The van der Waals surface area contributed by atoms with Gasteiger partial charge in [0.05, 0.1) is 6.54 Å². The van der Waals surface area contributed by atoms with Crippen LogP contribution in [0.4, 0.5) is 10.8 Å². The monoisotopic (exact) mass is 327 g/mol. The maximum atomic E-state index is 10.9. The van der Waals surface area contributed by atoms with Gasteiger partial charge in [0.1, 0.15) is 11.5 Å². The Balaban J connectivity index is 1.69. The number of hydrogen-bond acceptors (Lipinski definition) is 5. The number of rotatable bonds is 5. The molecule has 0 fully saturated rings. The number of carbonyl (C=O) groups excluding carboxylic acids is 1. The zero-order valence-corrected chi connectivity index (χ0v) is 13.7. The molecule has 6 heteroatoms. The maximum Gasteiger partial charge on any atom is 0.217 e. The highest BCUT2D eigenvalue weighted by Gasteiger charge is 2.09. The molecule has 3 rings (SSSR count). The van der Waals surface area contributed by atoms with Gasteiger partial charge in [0, 0.05) is 18.0 Å². The summed E-state index contributed by atoms with van der Waals surface area (Å²) in [5.74, 6) is 1.32. The van der Waals surface area contributed by atoms with E-state index in [2.05, 4.69) is 34.7 Å². The van der Waals surface area contributed by atoms with Gasteiger partial charge in [-0.1, -0.05) is 17.7 Å². The molecule has 0 atom stereocenters. The highest BCUT2D eigenvalue weighted by Crippen LogP contribution is 2.28. The minimum Gasteiger partial charge on any atom is -0.458 e. The van der Waals surface area contributed by atoms with E-state index >= 15 is 0 Å². The van der Waals surface area contributed by atoms with Crippen molar-refractivity contribution in [2.45, 2.75) is 20.4 Å². The molecule has 1 aromatic carbocycles. The Hall–Kier alpha value is -2.60. The molecule has 0 saturated heterocycles. The highest BCUT2D eigenvalue weighted by molar-refractivity contribution is 7.14. The molecule has 0 aliphatic rings. The largest absolute Gasteiger partial charge is 0.458 e. The van der Waals surface area contributed by atoms with Gasteiger partial charge in [-0.3, -0.25) is 4.79 Å². The average Bonchev–Trinajstić information content (AvgIpc) is 3.16. The number of nitrogens with zero attached hydrogens (tertiary/aromatic N) is 1. The molecule has 0 radical (unpaired) electrons. The van der Waals surface area contributed by atoms with E-state index in [0.717, 1.165) is 16.5 Å². The van der Waals surface area contributed by atoms with E-state index in [-0.39, 0.29) is 5.91 Å². The van der Waals surface area contributed by atoms with Gasteiger partial charge in [-0.25, -0.2) is 4.98 Å². The van der Waals surface area contributed by atoms with Gasteiger partial charge < -0.3 is 15.1 Å². The minimum absolute atomic E-state index is 0.0822. The number of hydrogen-bond donors (Lipinski definition) is 2. The summed E-state index contributed by atoms with van der Waals surface area (Å²) in [4.78, 5) is 15.5. The van der Waals surface area contributed by atoms with Gasteiger partial charge in [0.25, 0.3) is 0 Å². The Morgan fingerprint density at radius 2 is 2.00 bits per heavy atom. The standard InChI is InChI=1S/C17H17N3O2S/c1-11-3-5-13(6-4-11)19-17-20-15(10-23-17)16-8-7-14(22-16)9-18-12(2)21/h3-8,10H,9H2,1-2H3,(H,18,21)(H,19,20). The van der Waals surface area contributed by atoms with Crippen molar-refractivity contribution < 1.29 is 9.21 Å². The minimum atomic E-state index is -0.0822. The number of anilines is 2. The van der Waals surface area contributed by atoms with Gasteiger partial charge >= 0.3 is 0 Å². The lowest BCUT2D eigenvalue weighted by Gasteiger charge is -2.02. The highest BCUT2D eigenvalue weighted by atomic mass is 32.1. The van der Waals surface area contributed by atoms with Crippen LogP contribution in [0.5, 0.6) is 0 Å². The van der Waals surface area contributed by atoms with Crippen molar-refractivity contribution >= 4 is 28.1 Å². The number of furan rings is 1. The van der Waals surface area contributed by atoms with E-state index in [9.17, 15) is 4.79 Å². The predicted octanol–water partition coefficient (Wildman–Crippen LogP) is 4.09. The summed E-state index contributed by atoms with van der Waals surface area (Å²) in [6.45, 7) is 3.92. The molecule has 2 N–H and O–H groups in total. The lowest BCUT2D eigenvalue weighted by atomic mass is 10.2. The van der Waals surface area contributed by atoms with Crippen LogP contribution in [0.25, 0.3) is 11.5 Å². The Labute approximate surface area is 138 Å².